The van der Waals surface area contributed by atoms with E-state index < -0.39 is 5.91 Å². The van der Waals surface area contributed by atoms with Gasteiger partial charge in [-0.05, 0) is 30.9 Å². The Balaban J connectivity index is 1.62. The SMILES string of the molecule is O=C(N[C@H]1CCCc2[nH]c(=O)ccc21)c1cnc2n(c1=O)CCS2. The summed E-state index contributed by atoms with van der Waals surface area (Å²) in [4.78, 5) is 43.5. The highest BCUT2D eigenvalue weighted by molar-refractivity contribution is 7.99. The average Bonchev–Trinajstić information content (AvgIpc) is 3.04. The molecule has 1 atom stereocenters. The summed E-state index contributed by atoms with van der Waals surface area (Å²) in [6.07, 6.45) is 3.80. The molecule has 24 heavy (non-hydrogen) atoms. The molecule has 2 aliphatic rings. The Labute approximate surface area is 141 Å². The second kappa shape index (κ2) is 5.94. The number of pyridine rings is 1. The van der Waals surface area contributed by atoms with E-state index in [4.69, 9.17) is 0 Å². The van der Waals surface area contributed by atoms with Crippen LogP contribution in [0.1, 0.15) is 40.5 Å². The third-order valence-electron chi connectivity index (χ3n) is 4.44. The number of rotatable bonds is 2. The van der Waals surface area contributed by atoms with Crippen molar-refractivity contribution >= 4 is 17.7 Å². The standard InChI is InChI=1S/C16H16N4O3S/c21-13-5-4-9-11(18-13)2-1-3-12(9)19-14(22)10-8-17-16-20(15(10)23)6-7-24-16/h4-5,8,12H,1-3,6-7H2,(H,18,21)(H,19,22)/t12-/m0/s1. The van der Waals surface area contributed by atoms with E-state index >= 15 is 0 Å². The maximum absolute atomic E-state index is 12.6. The minimum atomic E-state index is -0.413. The molecule has 0 fully saturated rings. The van der Waals surface area contributed by atoms with E-state index in [1.807, 2.05) is 0 Å². The van der Waals surface area contributed by atoms with E-state index in [-0.39, 0.29) is 22.7 Å². The Hall–Kier alpha value is -2.35. The number of carbonyl (C=O) groups excluding carboxylic acids is 1. The Morgan fingerprint density at radius 3 is 3.12 bits per heavy atom. The molecule has 2 aromatic heterocycles. The number of fused-ring (bicyclic) bond motifs is 2. The first-order valence-corrected chi connectivity index (χ1v) is 8.87. The van der Waals surface area contributed by atoms with Crippen molar-refractivity contribution in [3.63, 3.8) is 0 Å². The number of aryl methyl sites for hydroxylation is 1. The largest absolute Gasteiger partial charge is 0.345 e. The van der Waals surface area contributed by atoms with Crippen molar-refractivity contribution in [1.29, 1.82) is 0 Å². The van der Waals surface area contributed by atoms with Crippen LogP contribution in [0.3, 0.4) is 0 Å². The van der Waals surface area contributed by atoms with E-state index in [2.05, 4.69) is 15.3 Å². The quantitative estimate of drug-likeness (QED) is 0.787. The van der Waals surface area contributed by atoms with Crippen LogP contribution in [0.5, 0.6) is 0 Å². The van der Waals surface area contributed by atoms with Gasteiger partial charge in [0, 0.05) is 30.3 Å². The lowest BCUT2D eigenvalue weighted by molar-refractivity contribution is 0.0929. The van der Waals surface area contributed by atoms with Gasteiger partial charge < -0.3 is 10.3 Å². The number of H-pyrrole nitrogens is 1. The van der Waals surface area contributed by atoms with Gasteiger partial charge in [-0.1, -0.05) is 11.8 Å². The summed E-state index contributed by atoms with van der Waals surface area (Å²) < 4.78 is 1.55. The van der Waals surface area contributed by atoms with E-state index in [1.165, 1.54) is 24.0 Å². The number of hydrogen-bond acceptors (Lipinski definition) is 5. The molecule has 2 N–H and O–H groups in total. The van der Waals surface area contributed by atoms with Gasteiger partial charge in [0.1, 0.15) is 5.56 Å². The fourth-order valence-corrected chi connectivity index (χ4v) is 4.17. The fourth-order valence-electron chi connectivity index (χ4n) is 3.26. The minimum Gasteiger partial charge on any atom is -0.345 e. The summed E-state index contributed by atoms with van der Waals surface area (Å²) in [5.74, 6) is 0.389. The highest BCUT2D eigenvalue weighted by Gasteiger charge is 2.25. The number of amides is 1. The molecule has 8 heteroatoms. The van der Waals surface area contributed by atoms with Crippen LogP contribution in [0, 0.1) is 0 Å². The van der Waals surface area contributed by atoms with E-state index in [9.17, 15) is 14.4 Å². The van der Waals surface area contributed by atoms with Crippen molar-refractivity contribution < 1.29 is 4.79 Å². The zero-order valence-electron chi connectivity index (χ0n) is 12.9. The molecule has 7 nitrogen and oxygen atoms in total. The van der Waals surface area contributed by atoms with Crippen LogP contribution in [0.15, 0.2) is 33.1 Å². The lowest BCUT2D eigenvalue weighted by atomic mass is 9.91. The summed E-state index contributed by atoms with van der Waals surface area (Å²) in [5.41, 5.74) is 1.41. The summed E-state index contributed by atoms with van der Waals surface area (Å²) in [6.45, 7) is 0.584. The van der Waals surface area contributed by atoms with Gasteiger partial charge in [-0.25, -0.2) is 4.98 Å². The van der Waals surface area contributed by atoms with Crippen LogP contribution in [0.2, 0.25) is 0 Å². The van der Waals surface area contributed by atoms with Gasteiger partial charge in [-0.2, -0.15) is 0 Å². The molecule has 0 bridgehead atoms. The lowest BCUT2D eigenvalue weighted by Gasteiger charge is -2.25. The Kier molecular flexibility index (Phi) is 3.76. The minimum absolute atomic E-state index is 0.0674. The molecule has 2 aromatic rings. The zero-order chi connectivity index (χ0) is 16.7. The van der Waals surface area contributed by atoms with Crippen LogP contribution in [-0.4, -0.2) is 26.2 Å². The highest BCUT2D eigenvalue weighted by Crippen LogP contribution is 2.27. The van der Waals surface area contributed by atoms with Crippen molar-refractivity contribution in [2.24, 2.45) is 0 Å². The molecule has 0 radical (unpaired) electrons. The smallest absolute Gasteiger partial charge is 0.267 e. The van der Waals surface area contributed by atoms with Crippen molar-refractivity contribution in [3.05, 3.63) is 55.9 Å². The normalized spacial score (nSPS) is 18.8. The van der Waals surface area contributed by atoms with Gasteiger partial charge in [0.05, 0.1) is 6.04 Å². The first-order chi connectivity index (χ1) is 11.6. The molecule has 0 saturated heterocycles. The monoisotopic (exact) mass is 344 g/mol. The Bertz CT molecular complexity index is 934. The van der Waals surface area contributed by atoms with E-state index in [0.717, 1.165) is 36.3 Å². The van der Waals surface area contributed by atoms with Gasteiger partial charge in [-0.3, -0.25) is 19.0 Å². The number of aromatic nitrogens is 3. The molecule has 0 aromatic carbocycles. The van der Waals surface area contributed by atoms with Crippen molar-refractivity contribution in [3.8, 4) is 0 Å². The number of hydrogen-bond donors (Lipinski definition) is 2. The molecular formula is C16H16N4O3S. The van der Waals surface area contributed by atoms with Crippen LogP contribution in [0.4, 0.5) is 0 Å². The number of nitrogens with one attached hydrogen (secondary N) is 2. The van der Waals surface area contributed by atoms with Gasteiger partial charge in [0.25, 0.3) is 11.5 Å². The van der Waals surface area contributed by atoms with Crippen molar-refractivity contribution in [2.45, 2.75) is 37.0 Å². The number of nitrogens with zero attached hydrogens (tertiary/aromatic N) is 2. The molecular weight excluding hydrogens is 328 g/mol. The van der Waals surface area contributed by atoms with Gasteiger partial charge in [0.2, 0.25) is 5.56 Å². The van der Waals surface area contributed by atoms with Crippen LogP contribution < -0.4 is 16.4 Å². The van der Waals surface area contributed by atoms with Gasteiger partial charge >= 0.3 is 0 Å². The zero-order valence-corrected chi connectivity index (χ0v) is 13.7. The fraction of sp³-hybridized carbons (Fsp3) is 0.375. The highest BCUT2D eigenvalue weighted by atomic mass is 32.2. The first-order valence-electron chi connectivity index (χ1n) is 7.89. The van der Waals surface area contributed by atoms with Crippen molar-refractivity contribution in [2.75, 3.05) is 5.75 Å². The summed E-state index contributed by atoms with van der Waals surface area (Å²) in [5, 5.41) is 3.59. The predicted octanol–water partition coefficient (Wildman–Crippen LogP) is 0.845. The van der Waals surface area contributed by atoms with E-state index in [0.29, 0.717) is 11.7 Å². The second-order valence-corrected chi connectivity index (χ2v) is 7.00. The molecule has 0 saturated carbocycles. The molecule has 0 spiro atoms. The topological polar surface area (TPSA) is 96.8 Å². The molecule has 1 amide bonds. The van der Waals surface area contributed by atoms with Gasteiger partial charge in [-0.15, -0.1) is 0 Å². The van der Waals surface area contributed by atoms with Crippen molar-refractivity contribution in [1.82, 2.24) is 19.9 Å². The van der Waals surface area contributed by atoms with Crippen LogP contribution >= 0.6 is 11.8 Å². The van der Waals surface area contributed by atoms with Gasteiger partial charge in [0.15, 0.2) is 5.16 Å². The molecule has 124 valence electrons. The molecule has 1 aliphatic heterocycles. The number of aromatic amines is 1. The average molecular weight is 344 g/mol. The summed E-state index contributed by atoms with van der Waals surface area (Å²) in [6, 6.07) is 3.01. The maximum Gasteiger partial charge on any atom is 0.267 e. The second-order valence-electron chi connectivity index (χ2n) is 5.93. The lowest BCUT2D eigenvalue weighted by Crippen LogP contribution is -2.37. The molecule has 1 aliphatic carbocycles. The molecule has 3 heterocycles. The third kappa shape index (κ3) is 2.56. The summed E-state index contributed by atoms with van der Waals surface area (Å²) >= 11 is 1.52. The van der Waals surface area contributed by atoms with Crippen LogP contribution in [-0.2, 0) is 13.0 Å². The Morgan fingerprint density at radius 2 is 2.25 bits per heavy atom. The molecule has 4 rings (SSSR count). The summed E-state index contributed by atoms with van der Waals surface area (Å²) in [7, 11) is 0. The molecule has 0 unspecified atom stereocenters. The van der Waals surface area contributed by atoms with E-state index in [1.54, 1.807) is 10.6 Å². The number of thioether (sulfide) groups is 1. The van der Waals surface area contributed by atoms with Crippen LogP contribution in [0.25, 0.3) is 0 Å². The first kappa shape index (κ1) is 15.2. The number of carbonyl (C=O) groups is 1. The Morgan fingerprint density at radius 1 is 1.38 bits per heavy atom. The predicted molar refractivity (Wildman–Crippen MR) is 89.4 cm³/mol. The maximum atomic E-state index is 12.6. The third-order valence-corrected chi connectivity index (χ3v) is 5.41.